The van der Waals surface area contributed by atoms with Crippen LogP contribution in [0.2, 0.25) is 5.02 Å². The van der Waals surface area contributed by atoms with Crippen molar-refractivity contribution in [1.82, 2.24) is 5.32 Å². The van der Waals surface area contributed by atoms with Gasteiger partial charge in [0.15, 0.2) is 11.5 Å². The van der Waals surface area contributed by atoms with Gasteiger partial charge in [-0.3, -0.25) is 0 Å². The quantitative estimate of drug-likeness (QED) is 0.849. The number of fused-ring (bicyclic) bond motifs is 1. The van der Waals surface area contributed by atoms with Gasteiger partial charge in [0.25, 0.3) is 0 Å². The second kappa shape index (κ2) is 4.98. The molecule has 1 saturated heterocycles. The zero-order valence-electron chi connectivity index (χ0n) is 10.6. The number of ether oxygens (including phenoxy) is 2. The second-order valence-electron chi connectivity index (χ2n) is 4.96. The van der Waals surface area contributed by atoms with Crippen molar-refractivity contribution < 1.29 is 9.47 Å². The van der Waals surface area contributed by atoms with E-state index in [9.17, 15) is 0 Å². The Kier molecular flexibility index (Phi) is 3.35. The van der Waals surface area contributed by atoms with Crippen LogP contribution in [-0.4, -0.2) is 26.3 Å². The van der Waals surface area contributed by atoms with Crippen molar-refractivity contribution in [3.05, 3.63) is 22.2 Å². The summed E-state index contributed by atoms with van der Waals surface area (Å²) in [5.74, 6) is 2.18. The van der Waals surface area contributed by atoms with Gasteiger partial charge in [-0.25, -0.2) is 0 Å². The van der Waals surface area contributed by atoms with Crippen LogP contribution < -0.4 is 14.8 Å². The number of nitrogens with one attached hydrogen (secondary N) is 1. The third kappa shape index (κ3) is 2.06. The summed E-state index contributed by atoms with van der Waals surface area (Å²) in [4.78, 5) is 0. The van der Waals surface area contributed by atoms with Crippen molar-refractivity contribution >= 4 is 11.6 Å². The summed E-state index contributed by atoms with van der Waals surface area (Å²) in [6.45, 7) is 5.58. The molecule has 0 aromatic heterocycles. The van der Waals surface area contributed by atoms with Gasteiger partial charge in [-0.2, -0.15) is 0 Å². The lowest BCUT2D eigenvalue weighted by atomic mass is 9.93. The Labute approximate surface area is 112 Å². The predicted molar refractivity (Wildman–Crippen MR) is 72.0 cm³/mol. The van der Waals surface area contributed by atoms with E-state index in [1.54, 1.807) is 0 Å². The fourth-order valence-corrected chi connectivity index (χ4v) is 3.24. The maximum atomic E-state index is 6.44. The van der Waals surface area contributed by atoms with Crippen LogP contribution in [-0.2, 0) is 0 Å². The van der Waals surface area contributed by atoms with E-state index in [0.29, 0.717) is 12.5 Å². The largest absolute Gasteiger partial charge is 0.489 e. The van der Waals surface area contributed by atoms with Gasteiger partial charge in [0.1, 0.15) is 0 Å². The third-order valence-electron chi connectivity index (χ3n) is 3.74. The molecule has 1 aromatic carbocycles. The highest BCUT2D eigenvalue weighted by Crippen LogP contribution is 2.43. The molecule has 1 fully saturated rings. The Morgan fingerprint density at radius 2 is 2.17 bits per heavy atom. The number of benzene rings is 1. The summed E-state index contributed by atoms with van der Waals surface area (Å²) in [5, 5.41) is 4.20. The van der Waals surface area contributed by atoms with E-state index >= 15 is 0 Å². The van der Waals surface area contributed by atoms with Gasteiger partial charge in [0, 0.05) is 24.1 Å². The molecule has 4 heteroatoms. The van der Waals surface area contributed by atoms with E-state index in [1.807, 2.05) is 6.07 Å². The second-order valence-corrected chi connectivity index (χ2v) is 5.37. The molecule has 18 heavy (non-hydrogen) atoms. The molecule has 0 aliphatic carbocycles. The van der Waals surface area contributed by atoms with Gasteiger partial charge in [0.2, 0.25) is 0 Å². The van der Waals surface area contributed by atoms with Crippen LogP contribution in [0, 0.1) is 6.92 Å². The zero-order valence-corrected chi connectivity index (χ0v) is 11.3. The maximum absolute atomic E-state index is 6.44. The monoisotopic (exact) mass is 267 g/mol. The Hall–Kier alpha value is -0.930. The molecule has 98 valence electrons. The number of hydrogen-bond acceptors (Lipinski definition) is 3. The summed E-state index contributed by atoms with van der Waals surface area (Å²) in [5.41, 5.74) is 2.37. The fraction of sp³-hybridized carbons (Fsp3) is 0.571. The highest BCUT2D eigenvalue weighted by Gasteiger charge is 2.26. The first kappa shape index (κ1) is 12.1. The van der Waals surface area contributed by atoms with Crippen LogP contribution in [0.5, 0.6) is 11.5 Å². The first-order valence-corrected chi connectivity index (χ1v) is 6.94. The van der Waals surface area contributed by atoms with Crippen molar-refractivity contribution in [2.45, 2.75) is 25.7 Å². The molecule has 1 aromatic rings. The smallest absolute Gasteiger partial charge is 0.164 e. The molecule has 1 N–H and O–H groups in total. The molecule has 0 spiro atoms. The topological polar surface area (TPSA) is 30.5 Å². The first-order chi connectivity index (χ1) is 8.77. The number of halogens is 1. The fourth-order valence-electron chi connectivity index (χ4n) is 2.85. The normalized spacial score (nSPS) is 22.9. The van der Waals surface area contributed by atoms with Gasteiger partial charge < -0.3 is 14.8 Å². The first-order valence-electron chi connectivity index (χ1n) is 6.56. The summed E-state index contributed by atoms with van der Waals surface area (Å²) >= 11 is 6.44. The average Bonchev–Trinajstić information content (AvgIpc) is 2.75. The Morgan fingerprint density at radius 1 is 1.33 bits per heavy atom. The van der Waals surface area contributed by atoms with Crippen molar-refractivity contribution in [3.63, 3.8) is 0 Å². The molecule has 1 atom stereocenters. The minimum atomic E-state index is 0.495. The van der Waals surface area contributed by atoms with Crippen LogP contribution in [0.3, 0.4) is 0 Å². The molecule has 3 rings (SSSR count). The summed E-state index contributed by atoms with van der Waals surface area (Å²) in [6, 6.07) is 1.92. The van der Waals surface area contributed by atoms with Gasteiger partial charge in [-0.15, -0.1) is 0 Å². The van der Waals surface area contributed by atoms with E-state index < -0.39 is 0 Å². The van der Waals surface area contributed by atoms with E-state index in [4.69, 9.17) is 21.1 Å². The highest BCUT2D eigenvalue weighted by molar-refractivity contribution is 6.31. The Morgan fingerprint density at radius 3 is 2.94 bits per heavy atom. The average molecular weight is 268 g/mol. The summed E-state index contributed by atoms with van der Waals surface area (Å²) in [7, 11) is 0. The molecule has 0 amide bonds. The SMILES string of the molecule is Cc1c2c(cc(Cl)c1C1CCNC1)OCCCO2. The van der Waals surface area contributed by atoms with Crippen molar-refractivity contribution in [2.24, 2.45) is 0 Å². The molecule has 2 aliphatic heterocycles. The van der Waals surface area contributed by atoms with Crippen LogP contribution in [0.1, 0.15) is 29.9 Å². The van der Waals surface area contributed by atoms with Gasteiger partial charge >= 0.3 is 0 Å². The van der Waals surface area contributed by atoms with Crippen LogP contribution in [0.4, 0.5) is 0 Å². The van der Waals surface area contributed by atoms with Crippen LogP contribution in [0.25, 0.3) is 0 Å². The lowest BCUT2D eigenvalue weighted by molar-refractivity contribution is 0.296. The minimum Gasteiger partial charge on any atom is -0.489 e. The summed E-state index contributed by atoms with van der Waals surface area (Å²) in [6.07, 6.45) is 2.06. The Balaban J connectivity index is 2.06. The number of rotatable bonds is 1. The van der Waals surface area contributed by atoms with E-state index in [-0.39, 0.29) is 0 Å². The van der Waals surface area contributed by atoms with Gasteiger partial charge in [-0.05, 0) is 36.9 Å². The Bertz CT molecular complexity index is 456. The van der Waals surface area contributed by atoms with E-state index in [2.05, 4.69) is 12.2 Å². The van der Waals surface area contributed by atoms with Crippen molar-refractivity contribution in [2.75, 3.05) is 26.3 Å². The molecular weight excluding hydrogens is 250 g/mol. The molecule has 0 radical (unpaired) electrons. The predicted octanol–water partition coefficient (Wildman–Crippen LogP) is 2.89. The molecular formula is C14H18ClNO2. The molecule has 2 aliphatic rings. The van der Waals surface area contributed by atoms with E-state index in [0.717, 1.165) is 54.6 Å². The zero-order chi connectivity index (χ0) is 12.5. The van der Waals surface area contributed by atoms with Crippen molar-refractivity contribution in [3.8, 4) is 11.5 Å². The van der Waals surface area contributed by atoms with Gasteiger partial charge in [0.05, 0.1) is 13.2 Å². The highest BCUT2D eigenvalue weighted by atomic mass is 35.5. The number of hydrogen-bond donors (Lipinski definition) is 1. The van der Waals surface area contributed by atoms with Crippen LogP contribution in [0.15, 0.2) is 6.07 Å². The molecule has 0 saturated carbocycles. The van der Waals surface area contributed by atoms with Crippen LogP contribution >= 0.6 is 11.6 Å². The van der Waals surface area contributed by atoms with E-state index in [1.165, 1.54) is 5.56 Å². The molecule has 3 nitrogen and oxygen atoms in total. The van der Waals surface area contributed by atoms with Gasteiger partial charge in [-0.1, -0.05) is 11.6 Å². The lowest BCUT2D eigenvalue weighted by Gasteiger charge is -2.19. The summed E-state index contributed by atoms with van der Waals surface area (Å²) < 4.78 is 11.5. The van der Waals surface area contributed by atoms with Crippen molar-refractivity contribution in [1.29, 1.82) is 0 Å². The third-order valence-corrected chi connectivity index (χ3v) is 4.06. The molecule has 2 heterocycles. The maximum Gasteiger partial charge on any atom is 0.164 e. The molecule has 1 unspecified atom stereocenters. The molecule has 0 bridgehead atoms. The minimum absolute atomic E-state index is 0.495. The lowest BCUT2D eigenvalue weighted by Crippen LogP contribution is -2.10. The standard InChI is InChI=1S/C14H18ClNO2/c1-9-13(10-3-4-16-8-10)11(15)7-12-14(9)18-6-2-5-17-12/h7,10,16H,2-6,8H2,1H3.